The second-order valence-corrected chi connectivity index (χ2v) is 10.1. The molecule has 8 heteroatoms. The Hall–Kier alpha value is -5.47. The number of aliphatic hydroxyl groups is 1. The molecule has 0 spiro atoms. The van der Waals surface area contributed by atoms with Crippen molar-refractivity contribution in [1.29, 1.82) is 0 Å². The Bertz CT molecular complexity index is 1830. The zero-order valence-corrected chi connectivity index (χ0v) is 24.2. The highest BCUT2D eigenvalue weighted by Crippen LogP contribution is 2.29. The molecule has 0 aliphatic heterocycles. The Balaban J connectivity index is 0.000000171. The third-order valence-electron chi connectivity index (χ3n) is 6.87. The van der Waals surface area contributed by atoms with E-state index in [0.29, 0.717) is 11.4 Å². The summed E-state index contributed by atoms with van der Waals surface area (Å²) in [5.41, 5.74) is 9.07. The number of phenols is 1. The minimum Gasteiger partial charge on any atom is -0.508 e. The predicted molar refractivity (Wildman–Crippen MR) is 170 cm³/mol. The van der Waals surface area contributed by atoms with Gasteiger partial charge in [0.1, 0.15) is 17.4 Å². The number of carbonyl (C=O) groups is 1. The Morgan fingerprint density at radius 1 is 0.698 bits per heavy atom. The zero-order valence-electron chi connectivity index (χ0n) is 24.2. The number of nitrogens with zero attached hydrogens (tertiary/aromatic N) is 2. The number of hydrogen-bond acceptors (Lipinski definition) is 5. The normalized spacial score (nSPS) is 10.6. The van der Waals surface area contributed by atoms with E-state index in [9.17, 15) is 9.90 Å². The number of aromatic amines is 2. The molecule has 0 saturated carbocycles. The first-order chi connectivity index (χ1) is 20.8. The molecule has 0 radical (unpaired) electrons. The van der Waals surface area contributed by atoms with Crippen LogP contribution in [0.3, 0.4) is 0 Å². The maximum atomic E-state index is 11.0. The average molecular weight is 572 g/mol. The fraction of sp³-hybridized carbons (Fsp3) is 0.114. The molecule has 0 atom stereocenters. The van der Waals surface area contributed by atoms with Crippen molar-refractivity contribution in [2.45, 2.75) is 27.4 Å². The fourth-order valence-corrected chi connectivity index (χ4v) is 4.71. The van der Waals surface area contributed by atoms with Crippen LogP contribution in [-0.4, -0.2) is 36.1 Å². The SMILES string of the molecule is CC(=O)Nc1ccc(-c2nc(-c3ccccc3)c(C)[nH]2)cc1.Cc1[nH]c(-c2ccc(CO)c(O)c2)nc1-c1ccccc1. The van der Waals surface area contributed by atoms with E-state index in [1.54, 1.807) is 12.1 Å². The summed E-state index contributed by atoms with van der Waals surface area (Å²) in [6, 6.07) is 32.8. The van der Waals surface area contributed by atoms with Crippen molar-refractivity contribution in [2.24, 2.45) is 0 Å². The molecule has 0 aliphatic carbocycles. The lowest BCUT2D eigenvalue weighted by Crippen LogP contribution is -2.05. The summed E-state index contributed by atoms with van der Waals surface area (Å²) in [7, 11) is 0. The molecule has 0 fully saturated rings. The highest BCUT2D eigenvalue weighted by molar-refractivity contribution is 5.88. The van der Waals surface area contributed by atoms with Crippen LogP contribution in [0.4, 0.5) is 5.69 Å². The summed E-state index contributed by atoms with van der Waals surface area (Å²) < 4.78 is 0. The van der Waals surface area contributed by atoms with Gasteiger partial charge < -0.3 is 25.5 Å². The third-order valence-corrected chi connectivity index (χ3v) is 6.87. The van der Waals surface area contributed by atoms with Gasteiger partial charge >= 0.3 is 0 Å². The Kier molecular flexibility index (Phi) is 8.79. The number of rotatable bonds is 6. The summed E-state index contributed by atoms with van der Waals surface area (Å²) in [6.45, 7) is 5.31. The van der Waals surface area contributed by atoms with Crippen molar-refractivity contribution in [3.05, 3.63) is 120 Å². The largest absolute Gasteiger partial charge is 0.508 e. The number of nitrogens with one attached hydrogen (secondary N) is 3. The van der Waals surface area contributed by atoms with Gasteiger partial charge in [-0.2, -0.15) is 0 Å². The minimum absolute atomic E-state index is 0.0744. The van der Waals surface area contributed by atoms with Crippen LogP contribution < -0.4 is 5.32 Å². The molecule has 5 N–H and O–H groups in total. The van der Waals surface area contributed by atoms with E-state index in [1.165, 1.54) is 6.92 Å². The first-order valence-electron chi connectivity index (χ1n) is 13.9. The van der Waals surface area contributed by atoms with Gasteiger partial charge in [0.2, 0.25) is 5.91 Å². The molecule has 43 heavy (non-hydrogen) atoms. The summed E-state index contributed by atoms with van der Waals surface area (Å²) >= 11 is 0. The van der Waals surface area contributed by atoms with Gasteiger partial charge in [0, 0.05) is 51.8 Å². The van der Waals surface area contributed by atoms with E-state index >= 15 is 0 Å². The number of H-pyrrole nitrogens is 2. The molecule has 2 aromatic heterocycles. The van der Waals surface area contributed by atoms with E-state index in [2.05, 4.69) is 20.3 Å². The Morgan fingerprint density at radius 3 is 1.65 bits per heavy atom. The number of amides is 1. The number of aryl methyl sites for hydroxylation is 2. The van der Waals surface area contributed by atoms with Gasteiger partial charge in [0.15, 0.2) is 0 Å². The molecule has 6 aromatic rings. The van der Waals surface area contributed by atoms with Crippen LogP contribution in [0.2, 0.25) is 0 Å². The van der Waals surface area contributed by atoms with Crippen LogP contribution in [0.1, 0.15) is 23.9 Å². The molecule has 6 rings (SSSR count). The van der Waals surface area contributed by atoms with Crippen molar-refractivity contribution < 1.29 is 15.0 Å². The number of hydrogen-bond donors (Lipinski definition) is 5. The first kappa shape index (κ1) is 29.0. The second-order valence-electron chi connectivity index (χ2n) is 10.1. The van der Waals surface area contributed by atoms with Gasteiger partial charge in [0.25, 0.3) is 0 Å². The Labute approximate surface area is 250 Å². The fourth-order valence-electron chi connectivity index (χ4n) is 4.71. The van der Waals surface area contributed by atoms with Crippen molar-refractivity contribution in [3.8, 4) is 51.0 Å². The van der Waals surface area contributed by atoms with Crippen LogP contribution in [-0.2, 0) is 11.4 Å². The summed E-state index contributed by atoms with van der Waals surface area (Å²) in [5.74, 6) is 1.52. The number of imidazole rings is 2. The molecule has 0 bridgehead atoms. The quantitative estimate of drug-likeness (QED) is 0.144. The molecule has 0 aliphatic rings. The number of anilines is 1. The highest BCUT2D eigenvalue weighted by atomic mass is 16.3. The maximum absolute atomic E-state index is 11.0. The van der Waals surface area contributed by atoms with Gasteiger partial charge in [-0.3, -0.25) is 4.79 Å². The molecule has 0 saturated heterocycles. The monoisotopic (exact) mass is 571 g/mol. The van der Waals surface area contributed by atoms with E-state index in [0.717, 1.165) is 56.5 Å². The topological polar surface area (TPSA) is 127 Å². The maximum Gasteiger partial charge on any atom is 0.221 e. The van der Waals surface area contributed by atoms with Crippen LogP contribution in [0.15, 0.2) is 103 Å². The van der Waals surface area contributed by atoms with E-state index < -0.39 is 0 Å². The van der Waals surface area contributed by atoms with Gasteiger partial charge in [-0.05, 0) is 44.2 Å². The standard InChI is InChI=1S/C18H17N3O.C17H16N2O2/c1-12-17(14-6-4-3-5-7-14)21-18(19-12)15-8-10-16(11-9-15)20-13(2)22;1-11-16(12-5-3-2-4-6-12)19-17(18-11)13-7-8-14(10-20)15(21)9-13/h3-11H,1-2H3,(H,19,21)(H,20,22);2-9,20-21H,10H2,1H3,(H,18,19). The van der Waals surface area contributed by atoms with Crippen molar-refractivity contribution in [2.75, 3.05) is 5.32 Å². The molecule has 1 amide bonds. The third kappa shape index (κ3) is 6.89. The lowest BCUT2D eigenvalue weighted by Gasteiger charge is -2.03. The van der Waals surface area contributed by atoms with Crippen molar-refractivity contribution in [1.82, 2.24) is 19.9 Å². The van der Waals surface area contributed by atoms with Gasteiger partial charge in [-0.1, -0.05) is 72.8 Å². The number of aromatic hydroxyl groups is 1. The van der Waals surface area contributed by atoms with E-state index in [-0.39, 0.29) is 18.3 Å². The molecule has 4 aromatic carbocycles. The van der Waals surface area contributed by atoms with Crippen molar-refractivity contribution in [3.63, 3.8) is 0 Å². The zero-order chi connectivity index (χ0) is 30.3. The summed E-state index contributed by atoms with van der Waals surface area (Å²) in [5, 5.41) is 21.7. The molecular weight excluding hydrogens is 538 g/mol. The highest BCUT2D eigenvalue weighted by Gasteiger charge is 2.12. The molecule has 0 unspecified atom stereocenters. The number of carbonyl (C=O) groups excluding carboxylic acids is 1. The van der Waals surface area contributed by atoms with Gasteiger partial charge in [-0.15, -0.1) is 0 Å². The van der Waals surface area contributed by atoms with E-state index in [4.69, 9.17) is 10.1 Å². The number of aliphatic hydroxyl groups excluding tert-OH is 1. The minimum atomic E-state index is -0.182. The smallest absolute Gasteiger partial charge is 0.221 e. The summed E-state index contributed by atoms with van der Waals surface area (Å²) in [6.07, 6.45) is 0. The van der Waals surface area contributed by atoms with Crippen LogP contribution in [0.5, 0.6) is 5.75 Å². The van der Waals surface area contributed by atoms with Crippen LogP contribution >= 0.6 is 0 Å². The van der Waals surface area contributed by atoms with Crippen LogP contribution in [0.25, 0.3) is 45.3 Å². The lowest BCUT2D eigenvalue weighted by molar-refractivity contribution is -0.114. The molecule has 216 valence electrons. The predicted octanol–water partition coefficient (Wildman–Crippen LogP) is 7.26. The first-order valence-corrected chi connectivity index (χ1v) is 13.9. The lowest BCUT2D eigenvalue weighted by atomic mass is 10.1. The Morgan fingerprint density at radius 2 is 1.19 bits per heavy atom. The number of benzene rings is 4. The second kappa shape index (κ2) is 13.0. The van der Waals surface area contributed by atoms with Crippen LogP contribution in [0, 0.1) is 13.8 Å². The average Bonchev–Trinajstić information content (AvgIpc) is 3.61. The molecule has 2 heterocycles. The summed E-state index contributed by atoms with van der Waals surface area (Å²) in [4.78, 5) is 26.9. The number of aromatic nitrogens is 4. The van der Waals surface area contributed by atoms with E-state index in [1.807, 2.05) is 105 Å². The van der Waals surface area contributed by atoms with Gasteiger partial charge in [-0.25, -0.2) is 9.97 Å². The van der Waals surface area contributed by atoms with Gasteiger partial charge in [0.05, 0.1) is 18.0 Å². The molecular formula is C35H33N5O3. The van der Waals surface area contributed by atoms with Crippen molar-refractivity contribution >= 4 is 11.6 Å². The molecule has 8 nitrogen and oxygen atoms in total.